The minimum Gasteiger partial charge on any atom is -0.491 e. The molecule has 0 aromatic heterocycles. The lowest BCUT2D eigenvalue weighted by molar-refractivity contribution is -0.137. The Morgan fingerprint density at radius 3 is 2.39 bits per heavy atom. The molecular weight excluding hydrogens is 403 g/mol. The molecule has 3 nitrogen and oxygen atoms in total. The van der Waals surface area contributed by atoms with Crippen LogP contribution in [-0.4, -0.2) is 35.8 Å². The summed E-state index contributed by atoms with van der Waals surface area (Å²) >= 11 is 0. The summed E-state index contributed by atoms with van der Waals surface area (Å²) in [5.41, 5.74) is 2.94. The first kappa shape index (κ1) is 23.1. The number of benzene rings is 2. The highest BCUT2D eigenvalue weighted by Crippen LogP contribution is 2.30. The highest BCUT2D eigenvalue weighted by molar-refractivity contribution is 5.30. The van der Waals surface area contributed by atoms with Gasteiger partial charge in [0.1, 0.15) is 18.5 Å². The van der Waals surface area contributed by atoms with Crippen LogP contribution in [0.5, 0.6) is 5.75 Å². The molecule has 0 spiro atoms. The van der Waals surface area contributed by atoms with Crippen molar-refractivity contribution < 1.29 is 23.0 Å². The smallest absolute Gasteiger partial charge is 0.416 e. The zero-order chi connectivity index (χ0) is 22.4. The average Bonchev–Trinajstić information content (AvgIpc) is 3.12. The largest absolute Gasteiger partial charge is 0.491 e. The minimum atomic E-state index is -4.38. The molecule has 0 aliphatic heterocycles. The fraction of sp³-hybridized carbons (Fsp3) is 0.360. The highest BCUT2D eigenvalue weighted by atomic mass is 19.4. The number of allylic oxidation sites excluding steroid dienone is 3. The summed E-state index contributed by atoms with van der Waals surface area (Å²) in [7, 11) is 0. The summed E-state index contributed by atoms with van der Waals surface area (Å²) in [5.74, 6) is 0.661. The maximum atomic E-state index is 12.7. The summed E-state index contributed by atoms with van der Waals surface area (Å²) in [6.45, 7) is 6.01. The molecule has 166 valence electrons. The Morgan fingerprint density at radius 2 is 1.77 bits per heavy atom. The number of halogens is 3. The number of aliphatic hydroxyl groups excluding tert-OH is 1. The van der Waals surface area contributed by atoms with Crippen molar-refractivity contribution in [3.63, 3.8) is 0 Å². The second-order valence-electron chi connectivity index (χ2n) is 8.00. The third-order valence-electron chi connectivity index (χ3n) is 5.45. The normalized spacial score (nSPS) is 17.1. The molecular formula is C25H28F3NO2. The summed E-state index contributed by atoms with van der Waals surface area (Å²) in [5, 5.41) is 10.6. The average molecular weight is 431 g/mol. The molecule has 6 heteroatoms. The third-order valence-corrected chi connectivity index (χ3v) is 5.45. The Balaban J connectivity index is 1.60. The predicted octanol–water partition coefficient (Wildman–Crippen LogP) is 5.39. The fourth-order valence-corrected chi connectivity index (χ4v) is 3.57. The van der Waals surface area contributed by atoms with E-state index in [9.17, 15) is 18.3 Å². The molecule has 2 atom stereocenters. The van der Waals surface area contributed by atoms with Crippen molar-refractivity contribution in [2.75, 3.05) is 19.7 Å². The molecule has 3 rings (SSSR count). The van der Waals surface area contributed by atoms with E-state index in [1.54, 1.807) is 0 Å². The molecule has 0 heterocycles. The monoisotopic (exact) mass is 431 g/mol. The zero-order valence-corrected chi connectivity index (χ0v) is 17.8. The lowest BCUT2D eigenvalue weighted by Gasteiger charge is -2.27. The van der Waals surface area contributed by atoms with Crippen molar-refractivity contribution in [3.8, 4) is 5.75 Å². The number of alkyl halides is 3. The first-order chi connectivity index (χ1) is 14.7. The van der Waals surface area contributed by atoms with Crippen molar-refractivity contribution in [3.05, 3.63) is 89.0 Å². The van der Waals surface area contributed by atoms with E-state index in [0.29, 0.717) is 24.8 Å². The number of hydrogen-bond acceptors (Lipinski definition) is 3. The van der Waals surface area contributed by atoms with E-state index in [4.69, 9.17) is 4.74 Å². The van der Waals surface area contributed by atoms with Crippen molar-refractivity contribution in [1.82, 2.24) is 4.90 Å². The predicted molar refractivity (Wildman–Crippen MR) is 116 cm³/mol. The molecule has 2 aromatic carbocycles. The topological polar surface area (TPSA) is 32.7 Å². The molecule has 0 amide bonds. The summed E-state index contributed by atoms with van der Waals surface area (Å²) in [4.78, 5) is 2.18. The van der Waals surface area contributed by atoms with Gasteiger partial charge in [-0.3, -0.25) is 4.90 Å². The van der Waals surface area contributed by atoms with Crippen LogP contribution in [0.4, 0.5) is 13.2 Å². The van der Waals surface area contributed by atoms with E-state index in [2.05, 4.69) is 49.1 Å². The Morgan fingerprint density at radius 1 is 1.06 bits per heavy atom. The van der Waals surface area contributed by atoms with Gasteiger partial charge in [-0.25, -0.2) is 0 Å². The van der Waals surface area contributed by atoms with E-state index in [-0.39, 0.29) is 6.61 Å². The van der Waals surface area contributed by atoms with Crippen LogP contribution >= 0.6 is 0 Å². The van der Waals surface area contributed by atoms with Crippen molar-refractivity contribution in [2.24, 2.45) is 5.92 Å². The molecule has 31 heavy (non-hydrogen) atoms. The van der Waals surface area contributed by atoms with E-state index in [0.717, 1.165) is 18.7 Å². The van der Waals surface area contributed by atoms with Crippen LogP contribution < -0.4 is 4.74 Å². The van der Waals surface area contributed by atoms with Gasteiger partial charge in [0, 0.05) is 19.6 Å². The first-order valence-corrected chi connectivity index (χ1v) is 10.3. The van der Waals surface area contributed by atoms with E-state index < -0.39 is 17.8 Å². The molecule has 0 saturated carbocycles. The van der Waals surface area contributed by atoms with Gasteiger partial charge in [-0.05, 0) is 53.8 Å². The number of aryl methyl sites for hydroxylation is 1. The lowest BCUT2D eigenvalue weighted by Crippen LogP contribution is -2.37. The van der Waals surface area contributed by atoms with Gasteiger partial charge in [0.25, 0.3) is 0 Å². The van der Waals surface area contributed by atoms with Crippen LogP contribution in [0, 0.1) is 12.8 Å². The Hall–Kier alpha value is -2.57. The summed E-state index contributed by atoms with van der Waals surface area (Å²) in [6.07, 6.45) is 1.15. The molecule has 2 unspecified atom stereocenters. The molecule has 1 aliphatic carbocycles. The van der Waals surface area contributed by atoms with Crippen LogP contribution in [0.1, 0.15) is 23.6 Å². The quantitative estimate of drug-likeness (QED) is 0.578. The third kappa shape index (κ3) is 6.71. The Kier molecular flexibility index (Phi) is 7.57. The molecule has 2 aromatic rings. The number of aliphatic hydroxyl groups is 1. The molecule has 0 saturated heterocycles. The Labute approximate surface area is 181 Å². The molecule has 0 radical (unpaired) electrons. The van der Waals surface area contributed by atoms with Gasteiger partial charge < -0.3 is 9.84 Å². The van der Waals surface area contributed by atoms with E-state index in [1.165, 1.54) is 28.8 Å². The molecule has 0 bridgehead atoms. The SMILES string of the molecule is Cc1ccccc1CN(CC1=CC=CC1C)CC(O)COc1ccc(C(F)(F)F)cc1. The van der Waals surface area contributed by atoms with Gasteiger partial charge in [-0.2, -0.15) is 13.2 Å². The number of nitrogens with zero attached hydrogens (tertiary/aromatic N) is 1. The van der Waals surface area contributed by atoms with Crippen LogP contribution in [0.15, 0.2) is 72.3 Å². The number of hydrogen-bond donors (Lipinski definition) is 1. The fourth-order valence-electron chi connectivity index (χ4n) is 3.57. The second-order valence-corrected chi connectivity index (χ2v) is 8.00. The van der Waals surface area contributed by atoms with Gasteiger partial charge in [0.05, 0.1) is 5.56 Å². The van der Waals surface area contributed by atoms with Crippen molar-refractivity contribution >= 4 is 0 Å². The first-order valence-electron chi connectivity index (χ1n) is 10.3. The number of ether oxygens (including phenoxy) is 1. The lowest BCUT2D eigenvalue weighted by atomic mass is 10.0. The van der Waals surface area contributed by atoms with Crippen LogP contribution in [0.3, 0.4) is 0 Å². The van der Waals surface area contributed by atoms with Gasteiger partial charge in [0.2, 0.25) is 0 Å². The van der Waals surface area contributed by atoms with Gasteiger partial charge in [0.15, 0.2) is 0 Å². The molecule has 0 fully saturated rings. The minimum absolute atomic E-state index is 0.00247. The van der Waals surface area contributed by atoms with E-state index in [1.807, 2.05) is 12.1 Å². The maximum Gasteiger partial charge on any atom is 0.416 e. The van der Waals surface area contributed by atoms with Gasteiger partial charge >= 0.3 is 6.18 Å². The maximum absolute atomic E-state index is 12.7. The van der Waals surface area contributed by atoms with Gasteiger partial charge in [-0.15, -0.1) is 0 Å². The van der Waals surface area contributed by atoms with Crippen molar-refractivity contribution in [1.29, 1.82) is 0 Å². The second kappa shape index (κ2) is 10.2. The van der Waals surface area contributed by atoms with Crippen molar-refractivity contribution in [2.45, 2.75) is 32.7 Å². The molecule has 1 aliphatic rings. The standard InChI is InChI=1S/C25H28F3NO2/c1-18-6-3-4-8-20(18)14-29(15-21-9-5-7-19(21)2)16-23(30)17-31-24-12-10-22(11-13-24)25(26,27)28/h3-13,19,23,30H,14-17H2,1-2H3. The summed E-state index contributed by atoms with van der Waals surface area (Å²) < 4.78 is 43.6. The van der Waals surface area contributed by atoms with E-state index >= 15 is 0 Å². The van der Waals surface area contributed by atoms with Crippen LogP contribution in [-0.2, 0) is 12.7 Å². The zero-order valence-electron chi connectivity index (χ0n) is 17.8. The Bertz CT molecular complexity index is 919. The molecule has 1 N–H and O–H groups in total. The van der Waals surface area contributed by atoms with Crippen LogP contribution in [0.25, 0.3) is 0 Å². The van der Waals surface area contributed by atoms with Crippen LogP contribution in [0.2, 0.25) is 0 Å². The number of rotatable bonds is 9. The highest BCUT2D eigenvalue weighted by Gasteiger charge is 2.30. The summed E-state index contributed by atoms with van der Waals surface area (Å²) in [6, 6.07) is 12.7. The van der Waals surface area contributed by atoms with Gasteiger partial charge in [-0.1, -0.05) is 49.4 Å².